The van der Waals surface area contributed by atoms with E-state index >= 15 is 14.4 Å². The molecule has 762 valence electrons. The molecule has 12 aromatic carbocycles. The van der Waals surface area contributed by atoms with Crippen molar-refractivity contribution in [1.82, 2.24) is 0 Å². The van der Waals surface area contributed by atoms with Gasteiger partial charge in [-0.05, 0) is 280 Å². The lowest BCUT2D eigenvalue weighted by Gasteiger charge is -2.38. The largest absolute Gasteiger partial charge is 0.508 e. The summed E-state index contributed by atoms with van der Waals surface area (Å²) in [7, 11) is 0. The van der Waals surface area contributed by atoms with E-state index in [-0.39, 0.29) is 198 Å². The smallest absolute Gasteiger partial charge is 0.189 e. The van der Waals surface area contributed by atoms with Gasteiger partial charge in [-0.25, -0.2) is 0 Å². The van der Waals surface area contributed by atoms with Crippen molar-refractivity contribution in [1.29, 1.82) is 0 Å². The number of hydrogen-bond acceptors (Lipinski definition) is 29. The number of carbonyl (C=O) groups excluding carboxylic acids is 5. The lowest BCUT2D eigenvalue weighted by Crippen LogP contribution is -2.32. The molecule has 0 aliphatic heterocycles. The molecule has 15 rings (SSSR count). The fourth-order valence-electron chi connectivity index (χ4n) is 20.6. The van der Waals surface area contributed by atoms with Gasteiger partial charge in [-0.3, -0.25) is 24.0 Å². The number of aliphatic hydroxyl groups is 1. The SMILES string of the molecule is CC(C)=CCc1c(O)ccc(C(=O)C2C(c3c(O)ccc(C(=O)C=Cc4cc(-c5cc(C=CC(=O)c6ccc(O)c(C7C=C(C)CC(c8ccc(O)cc8O)C7C(=O)c7ccc(O)c(CC=C(C)CCC8=CC(c9c(O)cc(C=Cc%10ccc(O)cc%10O)cc9O)C(C(=O)c9ccc(O)c(CCC(C)(C)O)c9O)C(c9ccc(O)cc9O)C8)c7O)c6O)c(O)cc5O)c(O)cc4O)c3O)C=C(C)CC2c2ccc(O)cc2)c1O. The second-order valence-corrected chi connectivity index (χ2v) is 39.1. The highest BCUT2D eigenvalue weighted by Gasteiger charge is 2.48. The molecule has 3 aliphatic rings. The fourth-order valence-corrected chi connectivity index (χ4v) is 20.6. The van der Waals surface area contributed by atoms with E-state index in [1.807, 2.05) is 13.8 Å². The van der Waals surface area contributed by atoms with E-state index in [9.17, 15) is 132 Å². The minimum atomic E-state index is -1.54. The normalized spacial score (nSPS) is 18.0. The maximum absolute atomic E-state index is 16.0. The summed E-state index contributed by atoms with van der Waals surface area (Å²) >= 11 is 0. The Morgan fingerprint density at radius 1 is 0.331 bits per heavy atom. The summed E-state index contributed by atoms with van der Waals surface area (Å²) in [6, 6.07) is 35.9. The monoisotopic (exact) mass is 2000 g/mol. The van der Waals surface area contributed by atoms with Gasteiger partial charge in [0.1, 0.15) is 132 Å². The molecule has 0 saturated carbocycles. The van der Waals surface area contributed by atoms with Gasteiger partial charge in [0.2, 0.25) is 0 Å². The van der Waals surface area contributed by atoms with E-state index in [1.165, 1.54) is 117 Å². The van der Waals surface area contributed by atoms with Crippen LogP contribution in [0.25, 0.3) is 35.4 Å². The maximum atomic E-state index is 16.0. The predicted molar refractivity (Wildman–Crippen MR) is 554 cm³/mol. The number of carbonyl (C=O) groups is 5. The molecule has 9 unspecified atom stereocenters. The first kappa shape index (κ1) is 105. The Morgan fingerprint density at radius 3 is 1.18 bits per heavy atom. The molecule has 24 N–H and O–H groups in total. The van der Waals surface area contributed by atoms with Gasteiger partial charge in [0, 0.05) is 139 Å². The third kappa shape index (κ3) is 21.9. The van der Waals surface area contributed by atoms with Gasteiger partial charge >= 0.3 is 0 Å². The molecule has 0 aromatic heterocycles. The molecule has 29 heteroatoms. The third-order valence-corrected chi connectivity index (χ3v) is 28.1. The van der Waals surface area contributed by atoms with E-state index < -0.39 is 185 Å². The molecule has 3 aliphatic carbocycles. The molecule has 0 spiro atoms. The van der Waals surface area contributed by atoms with Crippen molar-refractivity contribution >= 4 is 53.2 Å². The zero-order chi connectivity index (χ0) is 107. The first-order chi connectivity index (χ1) is 70.1. The number of aromatic hydroxyl groups is 23. The van der Waals surface area contributed by atoms with Gasteiger partial charge in [0.05, 0.1) is 33.4 Å². The van der Waals surface area contributed by atoms with Gasteiger partial charge in [-0.1, -0.05) is 94.7 Å². The molecular formula is C119H112O29. The summed E-state index contributed by atoms with van der Waals surface area (Å²) in [4.78, 5) is 76.3. The number of allylic oxidation sites excluding steroid dienone is 12. The van der Waals surface area contributed by atoms with Gasteiger partial charge < -0.3 is 123 Å². The summed E-state index contributed by atoms with van der Waals surface area (Å²) in [5.41, 5.74) is -0.168. The summed E-state index contributed by atoms with van der Waals surface area (Å²) < 4.78 is 0. The maximum Gasteiger partial charge on any atom is 0.189 e. The van der Waals surface area contributed by atoms with Crippen LogP contribution in [0.4, 0.5) is 0 Å². The quantitative estimate of drug-likeness (QED) is 0.00830. The molecular weight excluding hydrogens is 1890 g/mol. The molecule has 29 nitrogen and oxygen atoms in total. The highest BCUT2D eigenvalue weighted by molar-refractivity contribution is 6.11. The van der Waals surface area contributed by atoms with Crippen LogP contribution in [0.15, 0.2) is 246 Å². The van der Waals surface area contributed by atoms with Crippen molar-refractivity contribution < 1.29 is 147 Å². The number of rotatable bonds is 31. The van der Waals surface area contributed by atoms with E-state index in [0.717, 1.165) is 103 Å². The molecule has 0 saturated heterocycles. The van der Waals surface area contributed by atoms with Crippen molar-refractivity contribution in [3.63, 3.8) is 0 Å². The van der Waals surface area contributed by atoms with Crippen LogP contribution in [-0.2, 0) is 19.3 Å². The van der Waals surface area contributed by atoms with Crippen LogP contribution in [-0.4, -0.2) is 157 Å². The Morgan fingerprint density at radius 2 is 0.723 bits per heavy atom. The summed E-state index contributed by atoms with van der Waals surface area (Å²) in [5, 5.41) is 275. The number of hydrogen-bond donors (Lipinski definition) is 24. The second kappa shape index (κ2) is 42.7. The van der Waals surface area contributed by atoms with Crippen LogP contribution >= 0.6 is 0 Å². The van der Waals surface area contributed by atoms with Gasteiger partial charge in [-0.2, -0.15) is 0 Å². The van der Waals surface area contributed by atoms with E-state index in [1.54, 1.807) is 63.3 Å². The molecule has 0 heterocycles. The predicted octanol–water partition coefficient (Wildman–Crippen LogP) is 21.9. The highest BCUT2D eigenvalue weighted by Crippen LogP contribution is 2.59. The first-order valence-electron chi connectivity index (χ1n) is 47.7. The molecule has 0 radical (unpaired) electrons. The summed E-state index contributed by atoms with van der Waals surface area (Å²) in [5.74, 6) is -26.6. The Kier molecular flexibility index (Phi) is 30.2. The fraction of sp³-hybridized carbons (Fsp3) is 0.218. The second-order valence-electron chi connectivity index (χ2n) is 39.1. The van der Waals surface area contributed by atoms with Crippen LogP contribution < -0.4 is 0 Å². The lowest BCUT2D eigenvalue weighted by molar-refractivity contribution is 0.0710. The standard InChI is InChI=1S/C119H112O29/c1-57(2)8-24-73-91(126)35-30-78(111(73)140)116(145)105-81(63-14-19-67(120)20-15-63)42-59(4)44-86(105)109-94(129)38-28-75(114(109)143)89(124)33-17-65-50-82(101(136)55-97(65)132)83-51-66(98(133)56-102(83)137)18-34-90(125)76-29-39-95(130)110(115(76)144)87-45-60(5)43-84(71-26-22-69(122)53-99(71)134)106(87)117(146)79-31-36-92(127)74(112(79)141)25-10-58(3)9-11-61-46-85(72-27-23-70(123)54-100(72)135)107(118(147)80-32-37-93(128)77(113(80)142)40-41-119(6,7)148)88(47-61)108-103(138)48-62(49-104(108)139)12-13-64-16-21-68(121)52-96(64)131/h8,10,12-23,26-39,44-45,47-56,81,84-88,105-107,120-123,126-144,148H,9,11,24-25,40-43,46H2,1-7H3. The van der Waals surface area contributed by atoms with Crippen LogP contribution in [0.1, 0.15) is 247 Å². The Bertz CT molecular complexity index is 7590. The van der Waals surface area contributed by atoms with E-state index in [0.29, 0.717) is 27.9 Å². The Labute approximate surface area is 850 Å². The van der Waals surface area contributed by atoms with Crippen LogP contribution in [0.5, 0.6) is 132 Å². The first-order valence-corrected chi connectivity index (χ1v) is 47.7. The van der Waals surface area contributed by atoms with E-state index in [2.05, 4.69) is 0 Å². The number of phenols is 23. The molecule has 148 heavy (non-hydrogen) atoms. The third-order valence-electron chi connectivity index (χ3n) is 28.1. The van der Waals surface area contributed by atoms with Crippen LogP contribution in [0.3, 0.4) is 0 Å². The van der Waals surface area contributed by atoms with Gasteiger partial charge in [-0.15, -0.1) is 0 Å². The van der Waals surface area contributed by atoms with Crippen molar-refractivity contribution in [2.24, 2.45) is 17.8 Å². The average Bonchev–Trinajstić information content (AvgIpc) is 0.746. The van der Waals surface area contributed by atoms with Gasteiger partial charge in [0.25, 0.3) is 0 Å². The van der Waals surface area contributed by atoms with E-state index in [4.69, 9.17) is 0 Å². The Hall–Kier alpha value is -17.7. The topological polar surface area (TPSA) is 571 Å². The van der Waals surface area contributed by atoms with Gasteiger partial charge in [0.15, 0.2) is 28.9 Å². The zero-order valence-electron chi connectivity index (χ0n) is 81.4. The molecule has 0 amide bonds. The lowest BCUT2D eigenvalue weighted by atomic mass is 9.64. The average molecular weight is 2010 g/mol. The van der Waals surface area contributed by atoms with Crippen LogP contribution in [0, 0.1) is 17.8 Å². The highest BCUT2D eigenvalue weighted by atomic mass is 16.3. The number of Topliss-reactive ketones (excluding diaryl/α,β-unsaturated/α-hetero) is 3. The summed E-state index contributed by atoms with van der Waals surface area (Å²) in [6.45, 7) is 11.9. The number of phenolic OH excluding ortho intramolecular Hbond substituents is 23. The van der Waals surface area contributed by atoms with Crippen molar-refractivity contribution in [3.8, 4) is 143 Å². The van der Waals surface area contributed by atoms with Crippen molar-refractivity contribution in [2.45, 2.75) is 147 Å². The minimum Gasteiger partial charge on any atom is -0.508 e. The molecule has 9 atom stereocenters. The Balaban J connectivity index is 0.710. The molecule has 0 fully saturated rings. The number of benzene rings is 12. The van der Waals surface area contributed by atoms with Crippen molar-refractivity contribution in [3.05, 3.63) is 346 Å². The number of ketones is 5. The minimum absolute atomic E-state index is 0.00282. The molecule has 12 aromatic rings. The zero-order valence-corrected chi connectivity index (χ0v) is 81.4. The molecule has 0 bridgehead atoms. The van der Waals surface area contributed by atoms with Crippen molar-refractivity contribution in [2.75, 3.05) is 0 Å². The summed E-state index contributed by atoms with van der Waals surface area (Å²) in [6.07, 6.45) is 15.6. The van der Waals surface area contributed by atoms with Crippen LogP contribution in [0.2, 0.25) is 0 Å².